The maximum Gasteiger partial charge on any atom is 0.146 e. The van der Waals surface area contributed by atoms with Crippen molar-refractivity contribution in [2.24, 2.45) is 5.92 Å². The van der Waals surface area contributed by atoms with Gasteiger partial charge in [0, 0.05) is 38.6 Å². The van der Waals surface area contributed by atoms with E-state index in [0.717, 1.165) is 48.9 Å². The molecule has 3 heterocycles. The molecular weight excluding hydrogens is 324 g/mol. The molecule has 1 aliphatic rings. The van der Waals surface area contributed by atoms with Crippen LogP contribution in [0.1, 0.15) is 29.2 Å². The number of pyridine rings is 2. The van der Waals surface area contributed by atoms with E-state index in [1.807, 2.05) is 26.0 Å². The molecule has 3 rings (SSSR count). The highest BCUT2D eigenvalue weighted by Gasteiger charge is 2.25. The molecule has 0 spiro atoms. The fraction of sp³-hybridized carbons (Fsp3) is 0.400. The Bertz CT molecular complexity index is 819. The van der Waals surface area contributed by atoms with E-state index in [1.54, 1.807) is 12.4 Å². The smallest absolute Gasteiger partial charge is 0.146 e. The lowest BCUT2D eigenvalue weighted by atomic mass is 10.1. The van der Waals surface area contributed by atoms with E-state index in [-0.39, 0.29) is 0 Å². The fourth-order valence-electron chi connectivity index (χ4n) is 3.46. The highest BCUT2D eigenvalue weighted by Crippen LogP contribution is 2.26. The molecule has 1 fully saturated rings. The Morgan fingerprint density at radius 1 is 0.885 bits per heavy atom. The first-order valence-corrected chi connectivity index (χ1v) is 8.76. The summed E-state index contributed by atoms with van der Waals surface area (Å²) in [7, 11) is 0. The number of hydrogen-bond donors (Lipinski definition) is 0. The molecule has 0 N–H and O–H groups in total. The number of anilines is 2. The summed E-state index contributed by atoms with van der Waals surface area (Å²) in [6.45, 7) is 9.14. The van der Waals surface area contributed by atoms with Crippen molar-refractivity contribution in [3.05, 3.63) is 46.8 Å². The molecule has 6 nitrogen and oxygen atoms in total. The van der Waals surface area contributed by atoms with Crippen molar-refractivity contribution in [1.82, 2.24) is 9.97 Å². The minimum absolute atomic E-state index is 0.347. The van der Waals surface area contributed by atoms with E-state index in [0.29, 0.717) is 17.0 Å². The van der Waals surface area contributed by atoms with Crippen LogP contribution in [0.5, 0.6) is 0 Å². The molecular formula is C20H22N6. The van der Waals surface area contributed by atoms with Gasteiger partial charge in [0.25, 0.3) is 0 Å². The molecule has 0 radical (unpaired) electrons. The zero-order valence-corrected chi connectivity index (χ0v) is 15.4. The molecule has 0 aromatic carbocycles. The maximum atomic E-state index is 9.52. The van der Waals surface area contributed by atoms with E-state index >= 15 is 0 Å². The van der Waals surface area contributed by atoms with Gasteiger partial charge in [-0.2, -0.15) is 10.5 Å². The zero-order chi connectivity index (χ0) is 18.7. The van der Waals surface area contributed by atoms with E-state index in [9.17, 15) is 10.5 Å². The average Bonchev–Trinajstić information content (AvgIpc) is 2.82. The Morgan fingerprint density at radius 3 is 1.69 bits per heavy atom. The normalized spacial score (nSPS) is 15.3. The Morgan fingerprint density at radius 2 is 1.31 bits per heavy atom. The van der Waals surface area contributed by atoms with E-state index < -0.39 is 0 Å². The minimum atomic E-state index is 0.347. The van der Waals surface area contributed by atoms with Crippen molar-refractivity contribution >= 4 is 11.6 Å². The number of nitriles is 2. The van der Waals surface area contributed by atoms with Gasteiger partial charge < -0.3 is 9.80 Å². The number of nitrogens with zero attached hydrogens (tertiary/aromatic N) is 6. The monoisotopic (exact) mass is 346 g/mol. The maximum absolute atomic E-state index is 9.52. The third kappa shape index (κ3) is 3.32. The van der Waals surface area contributed by atoms with Crippen LogP contribution in [0.15, 0.2) is 24.5 Å². The van der Waals surface area contributed by atoms with Crippen molar-refractivity contribution in [3.63, 3.8) is 0 Å². The molecule has 26 heavy (non-hydrogen) atoms. The van der Waals surface area contributed by atoms with Crippen LogP contribution in [-0.2, 0) is 0 Å². The molecule has 132 valence electrons. The van der Waals surface area contributed by atoms with Crippen molar-refractivity contribution in [3.8, 4) is 12.1 Å². The predicted molar refractivity (Wildman–Crippen MR) is 101 cm³/mol. The lowest BCUT2D eigenvalue weighted by Crippen LogP contribution is -2.32. The van der Waals surface area contributed by atoms with Gasteiger partial charge in [-0.05, 0) is 43.0 Å². The van der Waals surface area contributed by atoms with Crippen molar-refractivity contribution in [2.45, 2.75) is 20.8 Å². The first-order valence-electron chi connectivity index (χ1n) is 8.76. The Hall–Kier alpha value is -3.12. The van der Waals surface area contributed by atoms with E-state index in [2.05, 4.69) is 38.8 Å². The van der Waals surface area contributed by atoms with Crippen LogP contribution in [0.2, 0.25) is 0 Å². The van der Waals surface area contributed by atoms with Crippen molar-refractivity contribution in [2.75, 3.05) is 36.0 Å². The third-order valence-corrected chi connectivity index (χ3v) is 4.81. The third-order valence-electron chi connectivity index (χ3n) is 4.81. The number of aromatic nitrogens is 2. The molecule has 2 aromatic rings. The Labute approximate surface area is 154 Å². The van der Waals surface area contributed by atoms with Crippen LogP contribution in [0.4, 0.5) is 11.6 Å². The second-order valence-corrected chi connectivity index (χ2v) is 6.87. The van der Waals surface area contributed by atoms with Crippen LogP contribution in [-0.4, -0.2) is 36.1 Å². The first-order chi connectivity index (χ1) is 12.5. The van der Waals surface area contributed by atoms with Crippen molar-refractivity contribution < 1.29 is 0 Å². The van der Waals surface area contributed by atoms with Crippen LogP contribution in [0.3, 0.4) is 0 Å². The van der Waals surface area contributed by atoms with Gasteiger partial charge in [-0.1, -0.05) is 6.92 Å². The van der Waals surface area contributed by atoms with Crippen LogP contribution < -0.4 is 9.80 Å². The summed E-state index contributed by atoms with van der Waals surface area (Å²) in [5.41, 5.74) is 3.16. The van der Waals surface area contributed by atoms with Gasteiger partial charge in [0.05, 0.1) is 11.1 Å². The summed E-state index contributed by atoms with van der Waals surface area (Å²) >= 11 is 0. The van der Waals surface area contributed by atoms with Gasteiger partial charge in [-0.25, -0.2) is 9.97 Å². The van der Waals surface area contributed by atoms with Gasteiger partial charge in [-0.3, -0.25) is 0 Å². The fourth-order valence-corrected chi connectivity index (χ4v) is 3.46. The van der Waals surface area contributed by atoms with E-state index in [4.69, 9.17) is 0 Å². The van der Waals surface area contributed by atoms with Crippen LogP contribution >= 0.6 is 0 Å². The lowest BCUT2D eigenvalue weighted by Gasteiger charge is -2.25. The molecule has 1 saturated heterocycles. The largest absolute Gasteiger partial charge is 0.353 e. The minimum Gasteiger partial charge on any atom is -0.353 e. The Kier molecular flexibility index (Phi) is 5.04. The van der Waals surface area contributed by atoms with Gasteiger partial charge in [0.1, 0.15) is 23.8 Å². The van der Waals surface area contributed by atoms with Gasteiger partial charge in [0.15, 0.2) is 0 Å². The van der Waals surface area contributed by atoms with E-state index in [1.165, 1.54) is 0 Å². The van der Waals surface area contributed by atoms with Gasteiger partial charge in [0.2, 0.25) is 0 Å². The van der Waals surface area contributed by atoms with Crippen LogP contribution in [0.25, 0.3) is 0 Å². The second kappa shape index (κ2) is 7.41. The number of hydrogen-bond acceptors (Lipinski definition) is 6. The topological polar surface area (TPSA) is 79.8 Å². The number of rotatable bonds is 2. The molecule has 0 amide bonds. The summed E-state index contributed by atoms with van der Waals surface area (Å²) in [5.74, 6) is 1.85. The highest BCUT2D eigenvalue weighted by molar-refractivity contribution is 5.60. The molecule has 0 bridgehead atoms. The Balaban J connectivity index is 1.91. The zero-order valence-electron chi connectivity index (χ0n) is 15.4. The van der Waals surface area contributed by atoms with Crippen molar-refractivity contribution in [1.29, 1.82) is 10.5 Å². The number of aryl methyl sites for hydroxylation is 2. The highest BCUT2D eigenvalue weighted by atomic mass is 15.3. The summed E-state index contributed by atoms with van der Waals surface area (Å²) < 4.78 is 0. The lowest BCUT2D eigenvalue weighted by molar-refractivity contribution is 0.591. The molecule has 6 heteroatoms. The summed E-state index contributed by atoms with van der Waals surface area (Å²) in [6.07, 6.45) is 3.52. The first kappa shape index (κ1) is 17.7. The van der Waals surface area contributed by atoms with Gasteiger partial charge in [-0.15, -0.1) is 0 Å². The molecule has 2 aromatic heterocycles. The standard InChI is InChI=1S/C20H22N6/c1-14-12-25(19-17(10-21)15(2)4-6-23-19)8-9-26(13-14)20-18(11-22)16(3)5-7-24-20/h4-7,14H,8-9,12-13H2,1-3H3. The van der Waals surface area contributed by atoms with Crippen LogP contribution in [0, 0.1) is 42.4 Å². The van der Waals surface area contributed by atoms with Gasteiger partial charge >= 0.3 is 0 Å². The molecule has 0 saturated carbocycles. The SMILES string of the molecule is Cc1ccnc(N2CCN(c3nccc(C)c3C#N)CC(C)C2)c1C#N. The molecule has 1 aliphatic heterocycles. The average molecular weight is 346 g/mol. The predicted octanol–water partition coefficient (Wildman–Crippen LogP) is 2.80. The summed E-state index contributed by atoms with van der Waals surface area (Å²) in [4.78, 5) is 13.3. The molecule has 0 aliphatic carbocycles. The molecule has 0 atom stereocenters. The molecule has 0 unspecified atom stereocenters. The quantitative estimate of drug-likeness (QED) is 0.832. The second-order valence-electron chi connectivity index (χ2n) is 6.87. The summed E-state index contributed by atoms with van der Waals surface area (Å²) in [6, 6.07) is 8.32. The summed E-state index contributed by atoms with van der Waals surface area (Å²) in [5, 5.41) is 19.0.